The van der Waals surface area contributed by atoms with Crippen LogP contribution >= 0.6 is 0 Å². The number of hydrogen-bond donors (Lipinski definition) is 1. The molecule has 1 nitrogen and oxygen atoms in total. The van der Waals surface area contributed by atoms with Crippen molar-refractivity contribution in [3.8, 4) is 0 Å². The summed E-state index contributed by atoms with van der Waals surface area (Å²) >= 11 is 0. The van der Waals surface area contributed by atoms with Gasteiger partial charge in [0.05, 0.1) is 6.61 Å². The van der Waals surface area contributed by atoms with E-state index in [1.165, 1.54) is 11.1 Å². The third-order valence-corrected chi connectivity index (χ3v) is 2.10. The number of aliphatic hydroxyl groups excluding tert-OH is 1. The molecule has 1 N–H and O–H groups in total. The van der Waals surface area contributed by atoms with Gasteiger partial charge in [0.2, 0.25) is 0 Å². The minimum absolute atomic E-state index is 0. The summed E-state index contributed by atoms with van der Waals surface area (Å²) in [5.41, 5.74) is 2.49. The first-order valence-electron chi connectivity index (χ1n) is 3.80. The van der Waals surface area contributed by atoms with E-state index in [0.29, 0.717) is 0 Å². The van der Waals surface area contributed by atoms with Crippen LogP contribution in [0.2, 0.25) is 0 Å². The molecular weight excluding hydrogens is 334 g/mol. The molecule has 1 aromatic carbocycles. The molecule has 0 saturated carbocycles. The second-order valence-corrected chi connectivity index (χ2v) is 2.78. The zero-order valence-corrected chi connectivity index (χ0v) is 12.6. The zero-order chi connectivity index (χ0) is 7.68. The molecule has 15 heavy (non-hydrogen) atoms. The Morgan fingerprint density at radius 1 is 1.07 bits per heavy atom. The summed E-state index contributed by atoms with van der Waals surface area (Å²) in [6, 6.07) is 8.16. The zero-order valence-electron chi connectivity index (χ0n) is 7.83. The van der Waals surface area contributed by atoms with E-state index in [9.17, 15) is 0 Å². The molecule has 0 amide bonds. The van der Waals surface area contributed by atoms with Gasteiger partial charge in [-0.3, -0.25) is 0 Å². The van der Waals surface area contributed by atoms with Crippen molar-refractivity contribution in [2.45, 2.75) is 5.92 Å². The van der Waals surface area contributed by atoms with Crippen LogP contribution in [-0.4, -0.2) is 11.7 Å². The van der Waals surface area contributed by atoms with Gasteiger partial charge in [0.15, 0.2) is 0 Å². The Morgan fingerprint density at radius 3 is 2.27 bits per heavy atom. The van der Waals surface area contributed by atoms with E-state index in [1.807, 2.05) is 18.2 Å². The van der Waals surface area contributed by atoms with Crippen molar-refractivity contribution in [2.75, 3.05) is 6.61 Å². The second kappa shape index (κ2) is 9.87. The Morgan fingerprint density at radius 2 is 1.67 bits per heavy atom. The first kappa shape index (κ1) is 21.0. The molecule has 1 aromatic rings. The number of rotatable bonds is 1. The minimum Gasteiger partial charge on any atom is -1.00 e. The van der Waals surface area contributed by atoms with Gasteiger partial charge < -0.3 is 42.3 Å². The van der Waals surface area contributed by atoms with Crippen molar-refractivity contribution in [2.24, 2.45) is 0 Å². The molecule has 0 fully saturated rings. The molecular formula is C10H10Cl3OZr. The van der Waals surface area contributed by atoms with E-state index in [-0.39, 0.29) is 75.9 Å². The molecule has 1 atom stereocenters. The van der Waals surface area contributed by atoms with E-state index in [2.05, 4.69) is 18.2 Å². The molecule has 0 aromatic heterocycles. The van der Waals surface area contributed by atoms with Crippen LogP contribution in [0.3, 0.4) is 0 Å². The van der Waals surface area contributed by atoms with Crippen LogP contribution in [0.25, 0.3) is 6.08 Å². The third-order valence-electron chi connectivity index (χ3n) is 2.10. The standard InChI is InChI=1S/C10H10O.3ClH.Zr/c11-7-9-6-5-8-3-1-2-4-10(8)9;;;;/h1-6,9,11H,7H2;3*1H;/q;;;;+3/p-3. The first-order valence-corrected chi connectivity index (χ1v) is 3.80. The van der Waals surface area contributed by atoms with Gasteiger partial charge in [-0.15, -0.1) is 0 Å². The number of halogens is 3. The Bertz CT molecular complexity index is 304. The van der Waals surface area contributed by atoms with Gasteiger partial charge in [0, 0.05) is 5.92 Å². The summed E-state index contributed by atoms with van der Waals surface area (Å²) in [7, 11) is 0. The van der Waals surface area contributed by atoms with E-state index in [4.69, 9.17) is 5.11 Å². The fraction of sp³-hybridized carbons (Fsp3) is 0.200. The predicted octanol–water partition coefficient (Wildman–Crippen LogP) is -7.20. The topological polar surface area (TPSA) is 20.2 Å². The fourth-order valence-electron chi connectivity index (χ4n) is 1.48. The van der Waals surface area contributed by atoms with Crippen LogP contribution < -0.4 is 37.2 Å². The Balaban J connectivity index is -0.000000360. The molecule has 81 valence electrons. The third kappa shape index (κ3) is 4.58. The van der Waals surface area contributed by atoms with Crippen LogP contribution in [0.4, 0.5) is 0 Å². The average Bonchev–Trinajstić information content (AvgIpc) is 2.47. The predicted molar refractivity (Wildman–Crippen MR) is 45.3 cm³/mol. The van der Waals surface area contributed by atoms with Crippen molar-refractivity contribution in [3.63, 3.8) is 0 Å². The molecule has 0 saturated heterocycles. The molecule has 0 aliphatic heterocycles. The van der Waals surface area contributed by atoms with Crippen LogP contribution in [0, 0.1) is 0 Å². The molecule has 0 bridgehead atoms. The summed E-state index contributed by atoms with van der Waals surface area (Å²) in [6.07, 6.45) is 4.11. The number of fused-ring (bicyclic) bond motifs is 1. The SMILES string of the molecule is OCC1C=Cc2ccccc21.[Cl-].[Cl-].[Cl-].[Zr+3]. The average molecular weight is 344 g/mol. The molecule has 0 spiro atoms. The quantitative estimate of drug-likeness (QED) is 0.537. The molecule has 1 unspecified atom stereocenters. The van der Waals surface area contributed by atoms with E-state index in [0.717, 1.165) is 0 Å². The van der Waals surface area contributed by atoms with Gasteiger partial charge in [0.25, 0.3) is 0 Å². The van der Waals surface area contributed by atoms with Gasteiger partial charge in [-0.1, -0.05) is 36.4 Å². The number of benzene rings is 1. The van der Waals surface area contributed by atoms with E-state index >= 15 is 0 Å². The Kier molecular flexibility index (Phi) is 13.8. The van der Waals surface area contributed by atoms with Crippen LogP contribution in [0.15, 0.2) is 30.3 Å². The van der Waals surface area contributed by atoms with Crippen molar-refractivity contribution in [3.05, 3.63) is 41.5 Å². The Hall–Kier alpha value is 0.673. The summed E-state index contributed by atoms with van der Waals surface area (Å²) in [5.74, 6) is 0.228. The summed E-state index contributed by atoms with van der Waals surface area (Å²) < 4.78 is 0. The van der Waals surface area contributed by atoms with E-state index in [1.54, 1.807) is 0 Å². The maximum absolute atomic E-state index is 8.96. The Labute approximate surface area is 128 Å². The summed E-state index contributed by atoms with van der Waals surface area (Å²) in [6.45, 7) is 0.216. The number of hydrogen-bond acceptors (Lipinski definition) is 1. The summed E-state index contributed by atoms with van der Waals surface area (Å²) in [4.78, 5) is 0. The fourth-order valence-corrected chi connectivity index (χ4v) is 1.48. The summed E-state index contributed by atoms with van der Waals surface area (Å²) in [5, 5.41) is 8.96. The molecule has 0 heterocycles. The first-order chi connectivity index (χ1) is 5.42. The van der Waals surface area contributed by atoms with Gasteiger partial charge in [-0.2, -0.15) is 0 Å². The maximum atomic E-state index is 8.96. The maximum Gasteiger partial charge on any atom is 3.00 e. The second-order valence-electron chi connectivity index (χ2n) is 2.78. The molecule has 1 aliphatic carbocycles. The van der Waals surface area contributed by atoms with Crippen LogP contribution in [-0.2, 0) is 26.2 Å². The molecule has 1 aliphatic rings. The van der Waals surface area contributed by atoms with Gasteiger partial charge in [-0.05, 0) is 11.1 Å². The van der Waals surface area contributed by atoms with Crippen molar-refractivity contribution in [1.82, 2.24) is 0 Å². The molecule has 2 rings (SSSR count). The minimum atomic E-state index is 0. The van der Waals surface area contributed by atoms with Gasteiger partial charge >= 0.3 is 26.2 Å². The van der Waals surface area contributed by atoms with Crippen molar-refractivity contribution in [1.29, 1.82) is 0 Å². The smallest absolute Gasteiger partial charge is 1.00 e. The van der Waals surface area contributed by atoms with Crippen molar-refractivity contribution >= 4 is 6.08 Å². The monoisotopic (exact) mass is 341 g/mol. The van der Waals surface area contributed by atoms with E-state index < -0.39 is 0 Å². The van der Waals surface area contributed by atoms with Crippen LogP contribution in [0.1, 0.15) is 17.0 Å². The van der Waals surface area contributed by atoms with Gasteiger partial charge in [-0.25, -0.2) is 0 Å². The van der Waals surface area contributed by atoms with Crippen LogP contribution in [0.5, 0.6) is 0 Å². The number of aliphatic hydroxyl groups is 1. The normalized spacial score (nSPS) is 14.9. The largest absolute Gasteiger partial charge is 3.00 e. The molecule has 1 radical (unpaired) electrons. The van der Waals surface area contributed by atoms with Crippen molar-refractivity contribution < 1.29 is 68.5 Å². The molecule has 5 heteroatoms. The van der Waals surface area contributed by atoms with Gasteiger partial charge in [0.1, 0.15) is 0 Å².